The zero-order valence-electron chi connectivity index (χ0n) is 42.3. The molecular weight excluding hydrogens is 893 g/mol. The van der Waals surface area contributed by atoms with E-state index in [1.54, 1.807) is 47.1 Å². The van der Waals surface area contributed by atoms with Crippen LogP contribution in [0.15, 0.2) is 70.9 Å². The van der Waals surface area contributed by atoms with Crippen LogP contribution in [0.5, 0.6) is 0 Å². The molecule has 6 heterocycles. The van der Waals surface area contributed by atoms with E-state index in [1.165, 1.54) is 12.2 Å². The summed E-state index contributed by atoms with van der Waals surface area (Å²) in [4.78, 5) is 27.3. The second-order valence-corrected chi connectivity index (χ2v) is 20.6. The Balaban J connectivity index is 1.21. The normalized spacial score (nSPS) is 45.2. The van der Waals surface area contributed by atoms with Crippen molar-refractivity contribution in [1.82, 2.24) is 0 Å². The van der Waals surface area contributed by atoms with Crippen molar-refractivity contribution in [2.45, 2.75) is 198 Å². The summed E-state index contributed by atoms with van der Waals surface area (Å²) >= 11 is 0. The fourth-order valence-corrected chi connectivity index (χ4v) is 11.0. The summed E-state index contributed by atoms with van der Waals surface area (Å²) in [6, 6.07) is 0. The minimum atomic E-state index is -2.01. The van der Waals surface area contributed by atoms with Crippen LogP contribution in [0.1, 0.15) is 101 Å². The highest BCUT2D eigenvalue weighted by Crippen LogP contribution is 2.47. The molecule has 0 amide bonds. The van der Waals surface area contributed by atoms with E-state index < -0.39 is 109 Å². The molecule has 0 aromatic carbocycles. The molecule has 0 radical (unpaired) electrons. The van der Waals surface area contributed by atoms with E-state index in [9.17, 15) is 24.9 Å². The lowest BCUT2D eigenvalue weighted by molar-refractivity contribution is -0.318. The van der Waals surface area contributed by atoms with Gasteiger partial charge in [0.15, 0.2) is 18.4 Å². The molecule has 0 unspecified atom stereocenters. The standard InChI is InChI=1S/C53H78O16/c1-12-29(4)48-32(7)18-19-52(69-48)25-38-22-37(68-52)17-16-31(6)47(66-44-24-41(60-11)49(34(9)64-44)67-43-23-40(59-10)45(55)33(8)63-43)30(5)14-13-15-36-27-62-50-46(56)35(26-61-42(54)20-28(2)3)21-39(51(57)65-38)53(36,50)58/h13-16,18-21,29-30,32-34,37-41,43-50,55-56,58H,12,17,22-27H2,1-11H3/b14-13+,31-16+,36-15-/t29-,30-,32-,33-,34-,37+,38+,39-,40-,41-,43-,44-,45-,46+,47-,48+,49-,50-,52+,53-/m0/s1. The van der Waals surface area contributed by atoms with Crippen molar-refractivity contribution >= 4 is 11.9 Å². The molecule has 386 valence electrons. The molecule has 69 heavy (non-hydrogen) atoms. The number of aliphatic hydroxyl groups is 3. The van der Waals surface area contributed by atoms with E-state index in [2.05, 4.69) is 32.9 Å². The Labute approximate surface area is 407 Å². The Hall–Kier alpha value is -3.10. The van der Waals surface area contributed by atoms with Gasteiger partial charge in [0.1, 0.15) is 48.6 Å². The van der Waals surface area contributed by atoms with Gasteiger partial charge in [0.25, 0.3) is 0 Å². The number of carbonyl (C=O) groups is 2. The maximum absolute atomic E-state index is 14.7. The van der Waals surface area contributed by atoms with Gasteiger partial charge in [-0.3, -0.25) is 4.79 Å². The summed E-state index contributed by atoms with van der Waals surface area (Å²) < 4.78 is 69.4. The molecule has 0 aromatic rings. The van der Waals surface area contributed by atoms with Gasteiger partial charge in [-0.25, -0.2) is 4.79 Å². The van der Waals surface area contributed by atoms with Gasteiger partial charge in [0, 0.05) is 57.8 Å². The molecule has 1 aliphatic carbocycles. The van der Waals surface area contributed by atoms with E-state index in [0.717, 1.165) is 17.6 Å². The van der Waals surface area contributed by atoms with Crippen molar-refractivity contribution < 1.29 is 77.0 Å². The molecule has 20 atom stereocenters. The first-order chi connectivity index (χ1) is 32.8. The van der Waals surface area contributed by atoms with Gasteiger partial charge >= 0.3 is 11.9 Å². The summed E-state index contributed by atoms with van der Waals surface area (Å²) in [5.74, 6) is -3.73. The molecule has 6 aliphatic heterocycles. The molecule has 0 aromatic heterocycles. The quantitative estimate of drug-likeness (QED) is 0.126. The van der Waals surface area contributed by atoms with Crippen LogP contribution in [0.2, 0.25) is 0 Å². The fourth-order valence-electron chi connectivity index (χ4n) is 11.0. The lowest BCUT2D eigenvalue weighted by Gasteiger charge is -2.48. The van der Waals surface area contributed by atoms with Gasteiger partial charge in [0.2, 0.25) is 0 Å². The van der Waals surface area contributed by atoms with Crippen LogP contribution >= 0.6 is 0 Å². The van der Waals surface area contributed by atoms with Gasteiger partial charge in [-0.15, -0.1) is 0 Å². The third-order valence-corrected chi connectivity index (χ3v) is 15.2. The number of esters is 2. The Morgan fingerprint density at radius 2 is 1.65 bits per heavy atom. The Bertz CT molecular complexity index is 1990. The summed E-state index contributed by atoms with van der Waals surface area (Å²) in [6.45, 7) is 17.3. The van der Waals surface area contributed by atoms with Gasteiger partial charge in [-0.2, -0.15) is 0 Å². The van der Waals surface area contributed by atoms with E-state index >= 15 is 0 Å². The Morgan fingerprint density at radius 3 is 2.36 bits per heavy atom. The summed E-state index contributed by atoms with van der Waals surface area (Å²) in [6.07, 6.45) is 8.21. The van der Waals surface area contributed by atoms with Crippen molar-refractivity contribution in [3.8, 4) is 0 Å². The first-order valence-electron chi connectivity index (χ1n) is 25.0. The number of hydrogen-bond donors (Lipinski definition) is 3. The van der Waals surface area contributed by atoms with Gasteiger partial charge in [-0.1, -0.05) is 76.1 Å². The van der Waals surface area contributed by atoms with E-state index in [-0.39, 0.29) is 49.1 Å². The number of rotatable bonds is 11. The third kappa shape index (κ3) is 11.9. The second-order valence-electron chi connectivity index (χ2n) is 20.6. The number of carbonyl (C=O) groups excluding carboxylic acids is 2. The lowest BCUT2D eigenvalue weighted by Crippen LogP contribution is -2.58. The number of aliphatic hydroxyl groups excluding tert-OH is 2. The molecule has 1 spiro atoms. The van der Waals surface area contributed by atoms with Crippen LogP contribution in [0.4, 0.5) is 0 Å². The van der Waals surface area contributed by atoms with Crippen LogP contribution in [0.25, 0.3) is 0 Å². The maximum atomic E-state index is 14.7. The smallest absolute Gasteiger partial charge is 0.331 e. The number of fused-ring (bicyclic) bond motifs is 2. The van der Waals surface area contributed by atoms with Crippen molar-refractivity contribution in [1.29, 1.82) is 0 Å². The summed E-state index contributed by atoms with van der Waals surface area (Å²) in [5, 5.41) is 35.0. The Morgan fingerprint density at radius 1 is 0.942 bits per heavy atom. The molecule has 16 nitrogen and oxygen atoms in total. The average Bonchev–Trinajstić information content (AvgIpc) is 3.65. The third-order valence-electron chi connectivity index (χ3n) is 15.2. The van der Waals surface area contributed by atoms with Crippen LogP contribution in [-0.2, 0) is 61.7 Å². The highest BCUT2D eigenvalue weighted by Gasteiger charge is 2.61. The largest absolute Gasteiger partial charge is 0.462 e. The van der Waals surface area contributed by atoms with Gasteiger partial charge < -0.3 is 67.4 Å². The maximum Gasteiger partial charge on any atom is 0.331 e. The molecule has 3 N–H and O–H groups in total. The van der Waals surface area contributed by atoms with Gasteiger partial charge in [0.05, 0.1) is 49.3 Å². The summed E-state index contributed by atoms with van der Waals surface area (Å²) in [7, 11) is 3.20. The molecule has 0 saturated carbocycles. The highest BCUT2D eigenvalue weighted by molar-refractivity contribution is 5.83. The molecule has 4 saturated heterocycles. The van der Waals surface area contributed by atoms with Crippen LogP contribution in [0.3, 0.4) is 0 Å². The average molecular weight is 971 g/mol. The van der Waals surface area contributed by atoms with Crippen LogP contribution in [-0.4, -0.2) is 152 Å². The first-order valence-corrected chi connectivity index (χ1v) is 25.0. The molecule has 16 heteroatoms. The number of ether oxygens (including phenoxy) is 11. The topological polar surface area (TPSA) is 196 Å². The molecule has 4 fully saturated rings. The second kappa shape index (κ2) is 22.8. The minimum Gasteiger partial charge on any atom is -0.462 e. The van der Waals surface area contributed by atoms with E-state index in [0.29, 0.717) is 31.3 Å². The zero-order valence-corrected chi connectivity index (χ0v) is 42.3. The van der Waals surface area contributed by atoms with Crippen LogP contribution < -0.4 is 0 Å². The van der Waals surface area contributed by atoms with E-state index in [1.807, 2.05) is 32.9 Å². The molecule has 7 rings (SSSR count). The minimum absolute atomic E-state index is 0.0818. The number of methoxy groups -OCH3 is 2. The highest BCUT2D eigenvalue weighted by atomic mass is 16.7. The molecule has 7 aliphatic rings. The Kier molecular flexibility index (Phi) is 17.7. The van der Waals surface area contributed by atoms with Crippen LogP contribution in [0, 0.1) is 23.7 Å². The van der Waals surface area contributed by atoms with Crippen molar-refractivity contribution in [3.63, 3.8) is 0 Å². The fraction of sp³-hybridized carbons (Fsp3) is 0.736. The first kappa shape index (κ1) is 53.7. The number of allylic oxidation sites excluding steroid dienone is 3. The molecule has 2 bridgehead atoms. The monoisotopic (exact) mass is 971 g/mol. The zero-order chi connectivity index (χ0) is 49.9. The van der Waals surface area contributed by atoms with E-state index in [4.69, 9.17) is 52.1 Å². The molecular formula is C53H78O16. The van der Waals surface area contributed by atoms with Crippen molar-refractivity contribution in [2.24, 2.45) is 23.7 Å². The SMILES string of the molecule is CC[C@H](C)[C@H]1O[C@]2(C=C[C@@H]1C)C[C@H]1C[C@@H](C/C=C(\C)[C@@H](O[C@H]3C[C@H](OC)[C@@H](O[C@H]4C[C@H](OC)[C@@H](O)[C@H](C)O4)[C@H](C)O3)[C@@H](C)/C=C/C=C3/CO[C@H]4[C@H](O)C(COC(=O)C=C(C)C)=C[C@@H](C(=O)O1)[C@@]34O)O2. The summed E-state index contributed by atoms with van der Waals surface area (Å²) in [5.41, 5.74) is 0.247. The number of hydrogen-bond acceptors (Lipinski definition) is 16. The van der Waals surface area contributed by atoms with Crippen molar-refractivity contribution in [2.75, 3.05) is 27.4 Å². The predicted octanol–water partition coefficient (Wildman–Crippen LogP) is 5.87. The predicted molar refractivity (Wildman–Crippen MR) is 252 cm³/mol. The lowest BCUT2D eigenvalue weighted by atomic mass is 9.70. The van der Waals surface area contributed by atoms with Crippen molar-refractivity contribution in [3.05, 3.63) is 70.9 Å². The van der Waals surface area contributed by atoms with Gasteiger partial charge in [-0.05, 0) is 69.8 Å².